The molecular formula is C13H12F6N2O4S. The SMILES string of the molecule is Nc1ccc2c(c1OS(=O)(=O)C(F)(F)F)CCN(C(=O)C(F)(F)F)CC2. The van der Waals surface area contributed by atoms with Crippen molar-refractivity contribution in [2.24, 2.45) is 0 Å². The van der Waals surface area contributed by atoms with Crippen molar-refractivity contribution >= 4 is 21.7 Å². The molecule has 1 heterocycles. The maximum atomic E-state index is 12.6. The number of nitrogen functional groups attached to an aromatic ring is 1. The van der Waals surface area contributed by atoms with Gasteiger partial charge in [0.05, 0.1) is 5.69 Å². The van der Waals surface area contributed by atoms with Crippen molar-refractivity contribution in [3.63, 3.8) is 0 Å². The highest BCUT2D eigenvalue weighted by Crippen LogP contribution is 2.36. The predicted octanol–water partition coefficient (Wildman–Crippen LogP) is 1.99. The molecule has 0 spiro atoms. The highest BCUT2D eigenvalue weighted by molar-refractivity contribution is 7.88. The van der Waals surface area contributed by atoms with Gasteiger partial charge >= 0.3 is 27.7 Å². The molecule has 0 unspecified atom stereocenters. The standard InChI is InChI=1S/C13H12F6N2O4S/c14-12(15,16)11(22)21-5-3-7-1-2-9(20)10(8(7)4-6-21)25-26(23,24)13(17,18)19/h1-2H,3-6,20H2. The van der Waals surface area contributed by atoms with Gasteiger partial charge in [-0.15, -0.1) is 0 Å². The summed E-state index contributed by atoms with van der Waals surface area (Å²) >= 11 is 0. The van der Waals surface area contributed by atoms with Crippen LogP contribution >= 0.6 is 0 Å². The molecule has 0 aromatic heterocycles. The molecule has 0 aliphatic carbocycles. The van der Waals surface area contributed by atoms with Crippen LogP contribution in [0.25, 0.3) is 0 Å². The fraction of sp³-hybridized carbons (Fsp3) is 0.462. The third-order valence-corrected chi connectivity index (χ3v) is 4.63. The fourth-order valence-electron chi connectivity index (χ4n) is 2.45. The molecule has 2 rings (SSSR count). The first kappa shape index (κ1) is 20.1. The molecule has 1 aliphatic heterocycles. The number of fused-ring (bicyclic) bond motifs is 1. The van der Waals surface area contributed by atoms with Gasteiger partial charge in [0.25, 0.3) is 0 Å². The molecule has 6 nitrogen and oxygen atoms in total. The van der Waals surface area contributed by atoms with Gasteiger partial charge in [-0.25, -0.2) is 0 Å². The normalized spacial score (nSPS) is 16.0. The number of hydrogen-bond donors (Lipinski definition) is 1. The van der Waals surface area contributed by atoms with Crippen molar-refractivity contribution < 1.29 is 43.7 Å². The van der Waals surface area contributed by atoms with E-state index in [1.54, 1.807) is 0 Å². The number of alkyl halides is 6. The number of nitrogens with two attached hydrogens (primary N) is 1. The molecule has 1 aromatic carbocycles. The summed E-state index contributed by atoms with van der Waals surface area (Å²) < 4.78 is 102. The Morgan fingerprint density at radius 1 is 1.08 bits per heavy atom. The molecule has 0 saturated heterocycles. The lowest BCUT2D eigenvalue weighted by Crippen LogP contribution is -2.42. The van der Waals surface area contributed by atoms with Crippen molar-refractivity contribution in [3.8, 4) is 5.75 Å². The number of amides is 1. The Balaban J connectivity index is 2.37. The molecule has 0 atom stereocenters. The lowest BCUT2D eigenvalue weighted by Gasteiger charge is -2.21. The van der Waals surface area contributed by atoms with Crippen LogP contribution in [0.4, 0.5) is 32.0 Å². The fourth-order valence-corrected chi connectivity index (χ4v) is 2.96. The Bertz CT molecular complexity index is 819. The molecular weight excluding hydrogens is 394 g/mol. The molecule has 0 saturated carbocycles. The van der Waals surface area contributed by atoms with E-state index in [-0.39, 0.29) is 30.5 Å². The number of hydrogen-bond acceptors (Lipinski definition) is 5. The number of benzene rings is 1. The summed E-state index contributed by atoms with van der Waals surface area (Å²) in [4.78, 5) is 11.8. The molecule has 1 aliphatic rings. The van der Waals surface area contributed by atoms with Crippen molar-refractivity contribution in [2.45, 2.75) is 24.5 Å². The first-order valence-corrected chi connectivity index (χ1v) is 8.42. The smallest absolute Gasteiger partial charge is 0.396 e. The second kappa shape index (κ2) is 6.52. The summed E-state index contributed by atoms with van der Waals surface area (Å²) in [6.07, 6.45) is -5.60. The summed E-state index contributed by atoms with van der Waals surface area (Å²) in [5, 5.41) is 0. The number of nitrogens with zero attached hydrogens (tertiary/aromatic N) is 1. The van der Waals surface area contributed by atoms with Gasteiger partial charge in [0.15, 0.2) is 5.75 Å². The van der Waals surface area contributed by atoms with Gasteiger partial charge in [0, 0.05) is 18.7 Å². The van der Waals surface area contributed by atoms with E-state index in [2.05, 4.69) is 4.18 Å². The van der Waals surface area contributed by atoms with E-state index in [1.807, 2.05) is 0 Å². The van der Waals surface area contributed by atoms with E-state index in [9.17, 15) is 39.6 Å². The number of carbonyl (C=O) groups is 1. The molecule has 0 radical (unpaired) electrons. The van der Waals surface area contributed by atoms with Crippen molar-refractivity contribution in [2.75, 3.05) is 18.8 Å². The molecule has 1 aromatic rings. The quantitative estimate of drug-likeness (QED) is 0.351. The van der Waals surface area contributed by atoms with Crippen LogP contribution in [0.3, 0.4) is 0 Å². The van der Waals surface area contributed by atoms with E-state index >= 15 is 0 Å². The Morgan fingerprint density at radius 2 is 1.65 bits per heavy atom. The number of carbonyl (C=O) groups excluding carboxylic acids is 1. The van der Waals surface area contributed by atoms with Gasteiger partial charge in [-0.05, 0) is 24.5 Å². The largest absolute Gasteiger partial charge is 0.534 e. The van der Waals surface area contributed by atoms with Crippen LogP contribution in [0.5, 0.6) is 5.75 Å². The molecule has 26 heavy (non-hydrogen) atoms. The minimum atomic E-state index is -6.01. The average molecular weight is 406 g/mol. The molecule has 13 heteroatoms. The molecule has 2 N–H and O–H groups in total. The minimum absolute atomic E-state index is 0.0877. The van der Waals surface area contributed by atoms with Gasteiger partial charge in [-0.1, -0.05) is 6.07 Å². The van der Waals surface area contributed by atoms with Crippen LogP contribution < -0.4 is 9.92 Å². The molecule has 0 fully saturated rings. The van der Waals surface area contributed by atoms with Crippen LogP contribution in [-0.2, 0) is 27.8 Å². The van der Waals surface area contributed by atoms with Gasteiger partial charge < -0.3 is 14.8 Å². The Kier molecular flexibility index (Phi) is 5.05. The first-order valence-electron chi connectivity index (χ1n) is 7.01. The minimum Gasteiger partial charge on any atom is -0.396 e. The summed E-state index contributed by atoms with van der Waals surface area (Å²) in [6.45, 7) is -0.835. The number of halogens is 6. The van der Waals surface area contributed by atoms with E-state index in [0.29, 0.717) is 4.90 Å². The van der Waals surface area contributed by atoms with E-state index in [4.69, 9.17) is 5.73 Å². The van der Waals surface area contributed by atoms with Gasteiger partial charge in [0.1, 0.15) is 0 Å². The van der Waals surface area contributed by atoms with Crippen molar-refractivity contribution in [1.82, 2.24) is 4.90 Å². The zero-order chi connectivity index (χ0) is 19.9. The van der Waals surface area contributed by atoms with Crippen LogP contribution in [0.15, 0.2) is 12.1 Å². The average Bonchev–Trinajstić information content (AvgIpc) is 2.70. The van der Waals surface area contributed by atoms with Crippen LogP contribution in [0, 0.1) is 0 Å². The molecule has 1 amide bonds. The van der Waals surface area contributed by atoms with E-state index in [1.165, 1.54) is 6.07 Å². The third-order valence-electron chi connectivity index (χ3n) is 3.68. The zero-order valence-electron chi connectivity index (χ0n) is 12.8. The first-order chi connectivity index (χ1) is 11.7. The predicted molar refractivity (Wildman–Crippen MR) is 76.5 cm³/mol. The highest BCUT2D eigenvalue weighted by atomic mass is 32.2. The molecule has 0 bridgehead atoms. The second-order valence-corrected chi connectivity index (χ2v) is 6.93. The Morgan fingerprint density at radius 3 is 2.19 bits per heavy atom. The topological polar surface area (TPSA) is 89.7 Å². The van der Waals surface area contributed by atoms with Gasteiger partial charge in [-0.2, -0.15) is 34.8 Å². The van der Waals surface area contributed by atoms with E-state index in [0.717, 1.165) is 6.07 Å². The highest BCUT2D eigenvalue weighted by Gasteiger charge is 2.49. The van der Waals surface area contributed by atoms with Gasteiger partial charge in [-0.3, -0.25) is 4.79 Å². The number of rotatable bonds is 2. The summed E-state index contributed by atoms with van der Waals surface area (Å²) in [5.74, 6) is -2.88. The van der Waals surface area contributed by atoms with Crippen LogP contribution in [0.1, 0.15) is 11.1 Å². The monoisotopic (exact) mass is 406 g/mol. The summed E-state index contributed by atoms with van der Waals surface area (Å²) in [6, 6.07) is 2.42. The Labute approximate surface area is 143 Å². The van der Waals surface area contributed by atoms with Crippen molar-refractivity contribution in [1.29, 1.82) is 0 Å². The lowest BCUT2D eigenvalue weighted by atomic mass is 10.0. The lowest BCUT2D eigenvalue weighted by molar-refractivity contribution is -0.185. The molecule has 146 valence electrons. The van der Waals surface area contributed by atoms with Crippen LogP contribution in [-0.4, -0.2) is 44.0 Å². The Hall–Kier alpha value is -2.18. The van der Waals surface area contributed by atoms with Crippen LogP contribution in [0.2, 0.25) is 0 Å². The third kappa shape index (κ3) is 3.97. The second-order valence-electron chi connectivity index (χ2n) is 5.39. The van der Waals surface area contributed by atoms with E-state index < -0.39 is 45.7 Å². The maximum Gasteiger partial charge on any atom is 0.534 e. The zero-order valence-corrected chi connectivity index (χ0v) is 13.6. The van der Waals surface area contributed by atoms with Crippen molar-refractivity contribution in [3.05, 3.63) is 23.3 Å². The maximum absolute atomic E-state index is 12.6. The van der Waals surface area contributed by atoms with Gasteiger partial charge in [0.2, 0.25) is 0 Å². The number of anilines is 1. The summed E-state index contributed by atoms with van der Waals surface area (Å²) in [7, 11) is -6.01. The summed E-state index contributed by atoms with van der Waals surface area (Å²) in [5.41, 5.74) is -0.482.